The summed E-state index contributed by atoms with van der Waals surface area (Å²) in [5.74, 6) is 1.34. The number of benzene rings is 1. The van der Waals surface area contributed by atoms with E-state index in [1.54, 1.807) is 7.11 Å². The second kappa shape index (κ2) is 8.14. The molecule has 0 fully saturated rings. The number of hydrogen-bond donors (Lipinski definition) is 1. The first-order valence-electron chi connectivity index (χ1n) is 6.11. The molecule has 1 aromatic carbocycles. The molecule has 0 radical (unpaired) electrons. The van der Waals surface area contributed by atoms with Crippen molar-refractivity contribution in [1.29, 1.82) is 0 Å². The minimum atomic E-state index is 0.0599. The molecule has 0 aliphatic carbocycles. The van der Waals surface area contributed by atoms with Crippen molar-refractivity contribution in [2.24, 2.45) is 5.92 Å². The number of amides is 1. The lowest BCUT2D eigenvalue weighted by Crippen LogP contribution is -2.29. The summed E-state index contributed by atoms with van der Waals surface area (Å²) in [5.41, 5.74) is 0.972. The van der Waals surface area contributed by atoms with Crippen LogP contribution in [0.25, 0.3) is 0 Å². The largest absolute Gasteiger partial charge is 0.497 e. The first kappa shape index (κ1) is 15.0. The van der Waals surface area contributed by atoms with Crippen LogP contribution in [-0.2, 0) is 11.2 Å². The van der Waals surface area contributed by atoms with Crippen molar-refractivity contribution in [3.05, 3.63) is 29.8 Å². The summed E-state index contributed by atoms with van der Waals surface area (Å²) in [6.07, 6.45) is 1.47. The third-order valence-electron chi connectivity index (χ3n) is 2.75. The van der Waals surface area contributed by atoms with Gasteiger partial charge in [0.15, 0.2) is 0 Å². The Hall–Kier alpha value is -1.03. The molecule has 0 aromatic heterocycles. The molecule has 18 heavy (non-hydrogen) atoms. The van der Waals surface area contributed by atoms with Gasteiger partial charge in [0.1, 0.15) is 5.75 Å². The highest BCUT2D eigenvalue weighted by Crippen LogP contribution is 2.12. The lowest BCUT2D eigenvalue weighted by molar-refractivity contribution is -0.120. The minimum absolute atomic E-state index is 0.0599. The average Bonchev–Trinajstić information content (AvgIpc) is 2.37. The number of hydrogen-bond acceptors (Lipinski definition) is 2. The quantitative estimate of drug-likeness (QED) is 0.786. The Bertz CT molecular complexity index is 382. The van der Waals surface area contributed by atoms with Gasteiger partial charge in [0.2, 0.25) is 5.91 Å². The number of rotatable bonds is 7. The van der Waals surface area contributed by atoms with Gasteiger partial charge in [-0.2, -0.15) is 0 Å². The molecule has 100 valence electrons. The number of halogens is 1. The maximum atomic E-state index is 11.8. The van der Waals surface area contributed by atoms with E-state index in [4.69, 9.17) is 4.74 Å². The molecule has 3 nitrogen and oxygen atoms in total. The molecule has 1 unspecified atom stereocenters. The van der Waals surface area contributed by atoms with Crippen molar-refractivity contribution in [3.8, 4) is 5.75 Å². The Morgan fingerprint density at radius 2 is 2.28 bits per heavy atom. The van der Waals surface area contributed by atoms with Crippen LogP contribution in [0.4, 0.5) is 0 Å². The molecule has 0 spiro atoms. The summed E-state index contributed by atoms with van der Waals surface area (Å²) < 4.78 is 5.13. The predicted octanol–water partition coefficient (Wildman–Crippen LogP) is 2.78. The van der Waals surface area contributed by atoms with Crippen molar-refractivity contribution in [3.63, 3.8) is 0 Å². The number of methoxy groups -OCH3 is 1. The Kier molecular flexibility index (Phi) is 6.80. The summed E-state index contributed by atoms with van der Waals surface area (Å²) in [6.45, 7) is 2.86. The smallest absolute Gasteiger partial charge is 0.224 e. The summed E-state index contributed by atoms with van der Waals surface area (Å²) in [4.78, 5) is 11.8. The zero-order valence-corrected chi connectivity index (χ0v) is 12.5. The first-order valence-corrected chi connectivity index (χ1v) is 7.23. The Labute approximate surface area is 117 Å². The van der Waals surface area contributed by atoms with E-state index in [-0.39, 0.29) is 5.91 Å². The SMILES string of the molecule is COc1cccc(CC(=O)NCC(C)CCBr)c1. The Morgan fingerprint density at radius 1 is 1.50 bits per heavy atom. The van der Waals surface area contributed by atoms with E-state index in [9.17, 15) is 4.79 Å². The summed E-state index contributed by atoms with van der Waals surface area (Å²) in [7, 11) is 1.63. The monoisotopic (exact) mass is 313 g/mol. The summed E-state index contributed by atoms with van der Waals surface area (Å²) >= 11 is 3.40. The van der Waals surface area contributed by atoms with Gasteiger partial charge in [0.25, 0.3) is 0 Å². The van der Waals surface area contributed by atoms with Crippen LogP contribution in [0, 0.1) is 5.92 Å². The third-order valence-corrected chi connectivity index (χ3v) is 3.21. The second-order valence-electron chi connectivity index (χ2n) is 4.42. The Balaban J connectivity index is 2.39. The maximum absolute atomic E-state index is 11.8. The molecule has 1 rings (SSSR count). The van der Waals surface area contributed by atoms with Gasteiger partial charge in [-0.25, -0.2) is 0 Å². The van der Waals surface area contributed by atoms with Gasteiger partial charge in [-0.1, -0.05) is 35.0 Å². The number of carbonyl (C=O) groups is 1. The predicted molar refractivity (Wildman–Crippen MR) is 77.3 cm³/mol. The van der Waals surface area contributed by atoms with Crippen LogP contribution in [0.2, 0.25) is 0 Å². The van der Waals surface area contributed by atoms with E-state index >= 15 is 0 Å². The second-order valence-corrected chi connectivity index (χ2v) is 5.21. The van der Waals surface area contributed by atoms with Crippen molar-refractivity contribution in [2.75, 3.05) is 19.0 Å². The van der Waals surface area contributed by atoms with Crippen LogP contribution in [0.1, 0.15) is 18.9 Å². The van der Waals surface area contributed by atoms with Crippen LogP contribution in [-0.4, -0.2) is 24.9 Å². The van der Waals surface area contributed by atoms with Gasteiger partial charge < -0.3 is 10.1 Å². The molecule has 0 bridgehead atoms. The van der Waals surface area contributed by atoms with Gasteiger partial charge in [0, 0.05) is 11.9 Å². The molecule has 0 heterocycles. The van der Waals surface area contributed by atoms with Crippen molar-refractivity contribution < 1.29 is 9.53 Å². The zero-order valence-electron chi connectivity index (χ0n) is 10.9. The highest BCUT2D eigenvalue weighted by atomic mass is 79.9. The fraction of sp³-hybridized carbons (Fsp3) is 0.500. The van der Waals surface area contributed by atoms with E-state index in [0.29, 0.717) is 12.3 Å². The number of ether oxygens (including phenoxy) is 1. The molecule has 4 heteroatoms. The van der Waals surface area contributed by atoms with Crippen LogP contribution in [0.15, 0.2) is 24.3 Å². The van der Waals surface area contributed by atoms with Crippen molar-refractivity contribution in [1.82, 2.24) is 5.32 Å². The fourth-order valence-electron chi connectivity index (χ4n) is 1.61. The Morgan fingerprint density at radius 3 is 2.94 bits per heavy atom. The van der Waals surface area contributed by atoms with Gasteiger partial charge in [-0.05, 0) is 30.0 Å². The highest BCUT2D eigenvalue weighted by molar-refractivity contribution is 9.09. The van der Waals surface area contributed by atoms with Crippen molar-refractivity contribution >= 4 is 21.8 Å². The van der Waals surface area contributed by atoms with E-state index in [1.807, 2.05) is 24.3 Å². The normalized spacial score (nSPS) is 11.9. The van der Waals surface area contributed by atoms with E-state index in [0.717, 1.165) is 29.6 Å². The molecule has 0 aliphatic rings. The molecule has 1 aromatic rings. The molecule has 1 N–H and O–H groups in total. The third kappa shape index (κ3) is 5.54. The van der Waals surface area contributed by atoms with E-state index in [1.165, 1.54) is 0 Å². The molecule has 1 atom stereocenters. The average molecular weight is 314 g/mol. The van der Waals surface area contributed by atoms with Crippen LogP contribution in [0.5, 0.6) is 5.75 Å². The van der Waals surface area contributed by atoms with Crippen LogP contribution in [0.3, 0.4) is 0 Å². The minimum Gasteiger partial charge on any atom is -0.497 e. The number of nitrogens with one attached hydrogen (secondary N) is 1. The first-order chi connectivity index (χ1) is 8.65. The molecule has 0 saturated carbocycles. The lowest BCUT2D eigenvalue weighted by atomic mass is 10.1. The number of alkyl halides is 1. The summed E-state index contributed by atoms with van der Waals surface area (Å²) in [6, 6.07) is 7.60. The van der Waals surface area contributed by atoms with E-state index in [2.05, 4.69) is 28.2 Å². The molecular weight excluding hydrogens is 294 g/mol. The molecular formula is C14H20BrNO2. The molecule has 0 saturated heterocycles. The zero-order chi connectivity index (χ0) is 13.4. The number of carbonyl (C=O) groups excluding carboxylic acids is 1. The van der Waals surface area contributed by atoms with Crippen LogP contribution < -0.4 is 10.1 Å². The highest BCUT2D eigenvalue weighted by Gasteiger charge is 2.06. The van der Waals surface area contributed by atoms with E-state index < -0.39 is 0 Å². The molecule has 0 aliphatic heterocycles. The lowest BCUT2D eigenvalue weighted by Gasteiger charge is -2.11. The van der Waals surface area contributed by atoms with Crippen LogP contribution >= 0.6 is 15.9 Å². The standard InChI is InChI=1S/C14H20BrNO2/c1-11(6-7-15)10-16-14(17)9-12-4-3-5-13(8-12)18-2/h3-5,8,11H,6-7,9-10H2,1-2H3,(H,16,17). The van der Waals surface area contributed by atoms with Gasteiger partial charge in [0.05, 0.1) is 13.5 Å². The maximum Gasteiger partial charge on any atom is 0.224 e. The topological polar surface area (TPSA) is 38.3 Å². The van der Waals surface area contributed by atoms with Gasteiger partial charge in [-0.3, -0.25) is 4.79 Å². The van der Waals surface area contributed by atoms with Gasteiger partial charge >= 0.3 is 0 Å². The van der Waals surface area contributed by atoms with Gasteiger partial charge in [-0.15, -0.1) is 0 Å². The fourth-order valence-corrected chi connectivity index (χ4v) is 2.39. The molecule has 1 amide bonds. The van der Waals surface area contributed by atoms with Crippen molar-refractivity contribution in [2.45, 2.75) is 19.8 Å². The summed E-state index contributed by atoms with van der Waals surface area (Å²) in [5, 5.41) is 3.92.